The molecule has 0 fully saturated rings. The van der Waals surface area contributed by atoms with Gasteiger partial charge in [0.25, 0.3) is 0 Å². The van der Waals surface area contributed by atoms with Gasteiger partial charge < -0.3 is 5.32 Å². The lowest BCUT2D eigenvalue weighted by molar-refractivity contribution is 0.711. The minimum Gasteiger partial charge on any atom is -0.316 e. The lowest BCUT2D eigenvalue weighted by atomic mass is 10.0. The molecule has 0 saturated heterocycles. The highest BCUT2D eigenvalue weighted by molar-refractivity contribution is 8.93. The highest BCUT2D eigenvalue weighted by Crippen LogP contribution is 2.11. The van der Waals surface area contributed by atoms with Crippen molar-refractivity contribution in [2.45, 2.75) is 12.8 Å². The third kappa shape index (κ3) is 2.08. The van der Waals surface area contributed by atoms with Crippen molar-refractivity contribution in [1.82, 2.24) is 5.32 Å². The van der Waals surface area contributed by atoms with E-state index in [2.05, 4.69) is 29.6 Å². The van der Waals surface area contributed by atoms with Gasteiger partial charge in [0, 0.05) is 0 Å². The standard InChI is InChI=1S/C10H13N.BrH/c1-2-4-10-6-8-11-7-5-9(10)3-1;/h1-4,11H,5-8H2;1H. The van der Waals surface area contributed by atoms with Crippen molar-refractivity contribution >= 4 is 17.0 Å². The molecular formula is C10H14BrN. The maximum absolute atomic E-state index is 3.39. The predicted octanol–water partition coefficient (Wildman–Crippen LogP) is 1.95. The van der Waals surface area contributed by atoms with Crippen LogP contribution in [0.15, 0.2) is 24.3 Å². The van der Waals surface area contributed by atoms with Crippen LogP contribution in [0.1, 0.15) is 11.1 Å². The van der Waals surface area contributed by atoms with Gasteiger partial charge in [-0.25, -0.2) is 0 Å². The number of fused-ring (bicyclic) bond motifs is 1. The van der Waals surface area contributed by atoms with Crippen molar-refractivity contribution < 1.29 is 0 Å². The molecule has 0 aliphatic carbocycles. The molecule has 1 aliphatic heterocycles. The fourth-order valence-corrected chi connectivity index (χ4v) is 1.62. The van der Waals surface area contributed by atoms with Crippen LogP contribution >= 0.6 is 17.0 Å². The van der Waals surface area contributed by atoms with Crippen LogP contribution in [-0.2, 0) is 12.8 Å². The Morgan fingerprint density at radius 2 is 1.42 bits per heavy atom. The molecule has 1 heterocycles. The molecule has 1 aromatic carbocycles. The summed E-state index contributed by atoms with van der Waals surface area (Å²) < 4.78 is 0. The molecule has 0 atom stereocenters. The maximum atomic E-state index is 3.39. The summed E-state index contributed by atoms with van der Waals surface area (Å²) in [6.07, 6.45) is 2.38. The molecule has 0 bridgehead atoms. The first-order valence-electron chi connectivity index (χ1n) is 4.24. The second-order valence-electron chi connectivity index (χ2n) is 3.02. The Balaban J connectivity index is 0.000000720. The van der Waals surface area contributed by atoms with E-state index < -0.39 is 0 Å². The molecule has 12 heavy (non-hydrogen) atoms. The van der Waals surface area contributed by atoms with E-state index in [4.69, 9.17) is 0 Å². The Bertz CT molecular complexity index is 222. The number of nitrogens with one attached hydrogen (secondary N) is 1. The molecule has 66 valence electrons. The normalized spacial score (nSPS) is 15.7. The van der Waals surface area contributed by atoms with Gasteiger partial charge in [-0.15, -0.1) is 17.0 Å². The molecule has 1 N–H and O–H groups in total. The first-order valence-corrected chi connectivity index (χ1v) is 4.24. The Hall–Kier alpha value is -0.340. The largest absolute Gasteiger partial charge is 0.316 e. The van der Waals surface area contributed by atoms with Gasteiger partial charge in [0.05, 0.1) is 0 Å². The summed E-state index contributed by atoms with van der Waals surface area (Å²) in [4.78, 5) is 0. The molecule has 0 saturated carbocycles. The number of hydrogen-bond acceptors (Lipinski definition) is 1. The average Bonchev–Trinajstić information content (AvgIpc) is 2.28. The van der Waals surface area contributed by atoms with Crippen molar-refractivity contribution in [3.63, 3.8) is 0 Å². The number of benzene rings is 1. The summed E-state index contributed by atoms with van der Waals surface area (Å²) in [7, 11) is 0. The zero-order chi connectivity index (χ0) is 7.52. The van der Waals surface area contributed by atoms with Crippen molar-refractivity contribution in [2.24, 2.45) is 0 Å². The van der Waals surface area contributed by atoms with Crippen LogP contribution < -0.4 is 5.32 Å². The first kappa shape index (κ1) is 9.75. The van der Waals surface area contributed by atoms with Gasteiger partial charge in [0.15, 0.2) is 0 Å². The summed E-state index contributed by atoms with van der Waals surface area (Å²) in [5.74, 6) is 0. The lowest BCUT2D eigenvalue weighted by Gasteiger charge is -2.01. The molecule has 2 heteroatoms. The van der Waals surface area contributed by atoms with Crippen molar-refractivity contribution in [3.8, 4) is 0 Å². The average molecular weight is 228 g/mol. The highest BCUT2D eigenvalue weighted by Gasteiger charge is 2.04. The van der Waals surface area contributed by atoms with Gasteiger partial charge in [0.2, 0.25) is 0 Å². The van der Waals surface area contributed by atoms with E-state index in [-0.39, 0.29) is 17.0 Å². The van der Waals surface area contributed by atoms with Gasteiger partial charge >= 0.3 is 0 Å². The van der Waals surface area contributed by atoms with E-state index >= 15 is 0 Å². The maximum Gasteiger partial charge on any atom is -0.000812 e. The van der Waals surface area contributed by atoms with Crippen molar-refractivity contribution in [2.75, 3.05) is 13.1 Å². The number of halogens is 1. The molecule has 0 aromatic heterocycles. The van der Waals surface area contributed by atoms with Gasteiger partial charge in [-0.3, -0.25) is 0 Å². The van der Waals surface area contributed by atoms with Crippen molar-refractivity contribution in [1.29, 1.82) is 0 Å². The van der Waals surface area contributed by atoms with Gasteiger partial charge in [0.1, 0.15) is 0 Å². The lowest BCUT2D eigenvalue weighted by Crippen LogP contribution is -2.16. The topological polar surface area (TPSA) is 12.0 Å². The first-order chi connectivity index (χ1) is 5.47. The summed E-state index contributed by atoms with van der Waals surface area (Å²) in [6.45, 7) is 2.27. The van der Waals surface area contributed by atoms with Crippen LogP contribution in [0, 0.1) is 0 Å². The van der Waals surface area contributed by atoms with Gasteiger partial charge in [-0.1, -0.05) is 24.3 Å². The summed E-state index contributed by atoms with van der Waals surface area (Å²) >= 11 is 0. The summed E-state index contributed by atoms with van der Waals surface area (Å²) in [5, 5.41) is 3.39. The zero-order valence-corrected chi connectivity index (χ0v) is 8.76. The highest BCUT2D eigenvalue weighted by atomic mass is 79.9. The molecule has 1 aromatic rings. The Morgan fingerprint density at radius 3 is 1.92 bits per heavy atom. The van der Waals surface area contributed by atoms with E-state index in [1.807, 2.05) is 0 Å². The molecule has 0 radical (unpaired) electrons. The van der Waals surface area contributed by atoms with E-state index in [1.165, 1.54) is 24.0 Å². The molecule has 2 rings (SSSR count). The number of rotatable bonds is 0. The summed E-state index contributed by atoms with van der Waals surface area (Å²) in [6, 6.07) is 8.74. The SMILES string of the molecule is Br.c1ccc2c(c1)CCNCC2. The minimum absolute atomic E-state index is 0. The molecule has 1 aliphatic rings. The molecule has 0 spiro atoms. The molecular weight excluding hydrogens is 214 g/mol. The number of hydrogen-bond donors (Lipinski definition) is 1. The van der Waals surface area contributed by atoms with Crippen LogP contribution in [0.3, 0.4) is 0 Å². The van der Waals surface area contributed by atoms with E-state index in [0.29, 0.717) is 0 Å². The Morgan fingerprint density at radius 1 is 0.917 bits per heavy atom. The van der Waals surface area contributed by atoms with Crippen LogP contribution in [0.25, 0.3) is 0 Å². The quantitative estimate of drug-likeness (QED) is 0.715. The third-order valence-corrected chi connectivity index (χ3v) is 2.26. The fraction of sp³-hybridized carbons (Fsp3) is 0.400. The Kier molecular flexibility index (Phi) is 3.76. The second-order valence-corrected chi connectivity index (χ2v) is 3.02. The molecule has 0 unspecified atom stereocenters. The van der Waals surface area contributed by atoms with E-state index in [9.17, 15) is 0 Å². The monoisotopic (exact) mass is 227 g/mol. The zero-order valence-electron chi connectivity index (χ0n) is 7.05. The molecule has 1 nitrogen and oxygen atoms in total. The summed E-state index contributed by atoms with van der Waals surface area (Å²) in [5.41, 5.74) is 3.05. The Labute approximate surface area is 83.9 Å². The van der Waals surface area contributed by atoms with Gasteiger partial charge in [-0.2, -0.15) is 0 Å². The smallest absolute Gasteiger partial charge is 0.000812 e. The van der Waals surface area contributed by atoms with Crippen molar-refractivity contribution in [3.05, 3.63) is 35.4 Å². The second kappa shape index (κ2) is 4.63. The fourth-order valence-electron chi connectivity index (χ4n) is 1.62. The predicted molar refractivity (Wildman–Crippen MR) is 57.0 cm³/mol. The van der Waals surface area contributed by atoms with Crippen LogP contribution in [0.2, 0.25) is 0 Å². The van der Waals surface area contributed by atoms with Gasteiger partial charge in [-0.05, 0) is 37.1 Å². The van der Waals surface area contributed by atoms with Crippen LogP contribution in [-0.4, -0.2) is 13.1 Å². The third-order valence-electron chi connectivity index (χ3n) is 2.26. The van der Waals surface area contributed by atoms with Crippen LogP contribution in [0.4, 0.5) is 0 Å². The molecule has 0 amide bonds. The minimum atomic E-state index is 0. The van der Waals surface area contributed by atoms with Crippen LogP contribution in [0.5, 0.6) is 0 Å². The van der Waals surface area contributed by atoms with E-state index in [0.717, 1.165) is 13.1 Å². The van der Waals surface area contributed by atoms with E-state index in [1.54, 1.807) is 0 Å².